The third-order valence-corrected chi connectivity index (χ3v) is 10.1. The molecule has 0 aliphatic rings. The lowest BCUT2D eigenvalue weighted by Gasteiger charge is -2.01. The number of carbonyl (C=O) groups excluding carboxylic acids is 2. The largest absolute Gasteiger partial charge is 0.422 e. The summed E-state index contributed by atoms with van der Waals surface area (Å²) in [5.74, 6) is -1.06. The zero-order valence-corrected chi connectivity index (χ0v) is 21.1. The van der Waals surface area contributed by atoms with Crippen LogP contribution in [0.4, 0.5) is 11.4 Å². The molecule has 0 aliphatic heterocycles. The van der Waals surface area contributed by atoms with Gasteiger partial charge in [-0.15, -0.1) is 0 Å². The van der Waals surface area contributed by atoms with Crippen molar-refractivity contribution in [2.24, 2.45) is 0 Å². The molecule has 10 nitrogen and oxygen atoms in total. The number of carbonyl (C=O) groups is 2. The molecule has 13 heteroatoms. The number of rotatable bonds is 8. The maximum atomic E-state index is 12.4. The molecule has 4 rings (SSSR count). The Labute approximate surface area is 215 Å². The quantitative estimate of drug-likeness (QED) is 0.0958. The van der Waals surface area contributed by atoms with Gasteiger partial charge in [-0.1, -0.05) is 34.8 Å². The fraction of sp³-hybridized carbons (Fsp3) is 0. The number of nitrogens with zero attached hydrogens (tertiary/aromatic N) is 2. The van der Waals surface area contributed by atoms with Gasteiger partial charge in [0.25, 0.3) is 11.4 Å². The van der Waals surface area contributed by atoms with Gasteiger partial charge in [0.2, 0.25) is 5.77 Å². The van der Waals surface area contributed by atoms with E-state index in [1.165, 1.54) is 71.2 Å². The summed E-state index contributed by atoms with van der Waals surface area (Å²) < 4.78 is 12.4. The lowest BCUT2D eigenvalue weighted by Crippen LogP contribution is -3.61. The van der Waals surface area contributed by atoms with Crippen LogP contribution in [0.3, 0.4) is 0 Å². The van der Waals surface area contributed by atoms with Crippen LogP contribution in [0.1, 0.15) is 19.3 Å². The molecule has 176 valence electrons. The van der Waals surface area contributed by atoms with Crippen LogP contribution in [0, 0.1) is 26.0 Å². The molecule has 0 unspecified atom stereocenters. The van der Waals surface area contributed by atoms with Gasteiger partial charge in [-0.2, -0.15) is 0 Å². The molecule has 0 atom stereocenters. The molecule has 0 bridgehead atoms. The lowest BCUT2D eigenvalue weighted by molar-refractivity contribution is -0.585. The van der Waals surface area contributed by atoms with Crippen LogP contribution in [0.25, 0.3) is 0 Å². The first-order valence-electron chi connectivity index (χ1n) is 9.56. The molecule has 0 amide bonds. The van der Waals surface area contributed by atoms with E-state index < -0.39 is 43.0 Å². The van der Waals surface area contributed by atoms with Gasteiger partial charge in [0.05, 0.1) is 22.0 Å². The highest BCUT2D eigenvalue weighted by Gasteiger charge is 2.25. The zero-order valence-electron chi connectivity index (χ0n) is 17.3. The Morgan fingerprint density at radius 3 is 1.51 bits per heavy atom. The number of hydrogen-bond donors (Lipinski definition) is 0. The van der Waals surface area contributed by atoms with Crippen molar-refractivity contribution in [2.75, 3.05) is 0 Å². The highest BCUT2D eigenvalue weighted by atomic mass is 127. The molecule has 2 aromatic heterocycles. The molecule has 0 radical (unpaired) electrons. The van der Waals surface area contributed by atoms with Crippen LogP contribution in [-0.2, 0) is 0 Å². The van der Waals surface area contributed by atoms with Crippen LogP contribution in [-0.4, -0.2) is 21.8 Å². The highest BCUT2D eigenvalue weighted by molar-refractivity contribution is 7.12. The highest BCUT2D eigenvalue weighted by Crippen LogP contribution is 2.22. The molecule has 0 N–H and O–H groups in total. The fourth-order valence-corrected chi connectivity index (χ4v) is 8.74. The van der Waals surface area contributed by atoms with Gasteiger partial charge < -0.3 is 9.47 Å². The Bertz CT molecular complexity index is 1340. The molecule has 0 aliphatic carbocycles. The second-order valence-electron chi connectivity index (χ2n) is 6.59. The minimum absolute atomic E-state index is 0.0824. The van der Waals surface area contributed by atoms with E-state index in [9.17, 15) is 29.8 Å². The fourth-order valence-electron chi connectivity index (χ4n) is 2.68. The average molecular weight is 623 g/mol. The minimum Gasteiger partial charge on any atom is -0.422 e. The summed E-state index contributed by atoms with van der Waals surface area (Å²) in [6.07, 6.45) is 0. The van der Waals surface area contributed by atoms with Crippen molar-refractivity contribution in [1.29, 1.82) is 0 Å². The zero-order chi connectivity index (χ0) is 24.9. The Hall–Kier alpha value is -3.69. The van der Waals surface area contributed by atoms with Crippen molar-refractivity contribution in [2.45, 2.75) is 0 Å². The van der Waals surface area contributed by atoms with Crippen LogP contribution in [0.2, 0.25) is 0 Å². The van der Waals surface area contributed by atoms with E-state index in [2.05, 4.69) is 0 Å². The summed E-state index contributed by atoms with van der Waals surface area (Å²) in [6, 6.07) is 17.6. The number of hydrogen-bond acceptors (Lipinski definition) is 10. The minimum atomic E-state index is -0.687. The van der Waals surface area contributed by atoms with Crippen LogP contribution in [0.5, 0.6) is 11.5 Å². The number of benzene rings is 2. The Kier molecular flexibility index (Phi) is 7.48. The molecular weight excluding hydrogens is 611 g/mol. The predicted octanol–water partition coefficient (Wildman–Crippen LogP) is 2.19. The van der Waals surface area contributed by atoms with E-state index in [1.54, 1.807) is 12.1 Å². The van der Waals surface area contributed by atoms with E-state index in [4.69, 9.17) is 9.47 Å². The van der Waals surface area contributed by atoms with Crippen LogP contribution < -0.4 is 30.7 Å². The normalized spacial score (nSPS) is 10.5. The Morgan fingerprint density at radius 2 is 1.11 bits per heavy atom. The first-order valence-corrected chi connectivity index (χ1v) is 13.4. The maximum absolute atomic E-state index is 12.4. The van der Waals surface area contributed by atoms with Gasteiger partial charge >= 0.3 is 33.1 Å². The summed E-state index contributed by atoms with van der Waals surface area (Å²) >= 11 is 1.83. The number of ether oxygens (including phenoxy) is 2. The van der Waals surface area contributed by atoms with Gasteiger partial charge in [-0.25, -0.2) is 9.59 Å². The van der Waals surface area contributed by atoms with E-state index in [0.717, 1.165) is 5.77 Å². The number of non-ortho nitro benzene ring substituents is 2. The molecule has 4 aromatic rings. The Morgan fingerprint density at radius 1 is 0.686 bits per heavy atom. The number of nitro benzene ring substituents is 2. The van der Waals surface area contributed by atoms with Crippen molar-refractivity contribution in [3.8, 4) is 11.5 Å². The lowest BCUT2D eigenvalue weighted by atomic mass is 10.3. The SMILES string of the molecule is O=C(Oc1cccc([N+](=O)[O-])c1)c1ccc([I+]c2ccc(C(=O)Oc3cccc([N+](=O)[O-])c3)s2)s1. The molecule has 0 fully saturated rings. The third-order valence-electron chi connectivity index (χ3n) is 4.21. The molecule has 0 saturated carbocycles. The smallest absolute Gasteiger partial charge is 0.381 e. The molecule has 0 spiro atoms. The van der Waals surface area contributed by atoms with E-state index >= 15 is 0 Å². The monoisotopic (exact) mass is 623 g/mol. The number of esters is 2. The van der Waals surface area contributed by atoms with Crippen molar-refractivity contribution in [1.82, 2.24) is 0 Å². The topological polar surface area (TPSA) is 139 Å². The maximum Gasteiger partial charge on any atom is 0.381 e. The van der Waals surface area contributed by atoms with Crippen molar-refractivity contribution in [3.63, 3.8) is 0 Å². The van der Waals surface area contributed by atoms with E-state index in [1.807, 2.05) is 12.1 Å². The number of thiophene rings is 2. The first-order chi connectivity index (χ1) is 16.8. The molecule has 0 saturated heterocycles. The summed E-state index contributed by atoms with van der Waals surface area (Å²) in [7, 11) is 0. The van der Waals surface area contributed by atoms with Crippen LogP contribution in [0.15, 0.2) is 72.8 Å². The second kappa shape index (κ2) is 10.7. The summed E-state index contributed by atoms with van der Waals surface area (Å²) in [6.45, 7) is 0. The third kappa shape index (κ3) is 6.26. The van der Waals surface area contributed by atoms with E-state index in [-0.39, 0.29) is 22.9 Å². The van der Waals surface area contributed by atoms with E-state index in [0.29, 0.717) is 9.75 Å². The predicted molar refractivity (Wildman–Crippen MR) is 122 cm³/mol. The van der Waals surface area contributed by atoms with Crippen LogP contribution >= 0.6 is 22.7 Å². The van der Waals surface area contributed by atoms with Crippen molar-refractivity contribution >= 4 is 46.0 Å². The van der Waals surface area contributed by atoms with Gasteiger partial charge in [0.1, 0.15) is 21.3 Å². The molecule has 35 heavy (non-hydrogen) atoms. The average Bonchev–Trinajstić information content (AvgIpc) is 3.50. The Balaban J connectivity index is 1.38. The summed E-state index contributed by atoms with van der Waals surface area (Å²) in [5.41, 5.74) is -0.351. The van der Waals surface area contributed by atoms with Gasteiger partial charge in [0.15, 0.2) is 0 Å². The van der Waals surface area contributed by atoms with Gasteiger partial charge in [-0.05, 0) is 24.3 Å². The number of nitro groups is 2. The standard InChI is InChI=1S/C22H12IN2O8S2/c26-21(32-15-5-1-3-13(11-15)24(28)29)17-7-9-19(34-17)23-20-10-8-18(35-20)22(27)33-16-6-2-4-14(12-16)25(30)31/h1-12H/q+1. The molecule has 2 heterocycles. The van der Waals surface area contributed by atoms with Crippen molar-refractivity contribution < 1.29 is 50.1 Å². The first kappa shape index (κ1) is 24.4. The molecule has 2 aromatic carbocycles. The summed E-state index contributed by atoms with van der Waals surface area (Å²) in [4.78, 5) is 46.2. The van der Waals surface area contributed by atoms with Gasteiger partial charge in [-0.3, -0.25) is 20.2 Å². The summed E-state index contributed by atoms with van der Waals surface area (Å²) in [5, 5.41) is 21.8. The van der Waals surface area contributed by atoms with Gasteiger partial charge in [0, 0.05) is 24.3 Å². The second-order valence-corrected chi connectivity index (χ2v) is 13.1. The number of halogens is 1. The molecular formula is C22H12IN2O8S2+. The van der Waals surface area contributed by atoms with Crippen molar-refractivity contribution in [3.05, 3.63) is 109 Å².